The van der Waals surface area contributed by atoms with Crippen molar-refractivity contribution in [2.75, 3.05) is 0 Å². The van der Waals surface area contributed by atoms with Crippen molar-refractivity contribution in [3.05, 3.63) is 65.7 Å². The standard InChI is InChI=1S/C26H32N4O9/c1-14(31)22(26(38)39)30-25(37)19(12-15-5-3-2-4-6-15)29-24(36)20(13-21(33)34)28-23(35)18(27)11-16-7-9-17(32)10-8-16/h2-10,14,18-20,22,31-32H,11-13,27H2,1H3,(H,28,35)(H,29,36)(H,30,37)(H,33,34)(H,38,39). The highest BCUT2D eigenvalue weighted by molar-refractivity contribution is 5.95. The molecule has 3 amide bonds. The molecule has 0 spiro atoms. The number of nitrogens with two attached hydrogens (primary N) is 1. The Hall–Kier alpha value is -4.49. The summed E-state index contributed by atoms with van der Waals surface area (Å²) >= 11 is 0. The van der Waals surface area contributed by atoms with Crippen LogP contribution in [-0.2, 0) is 36.8 Å². The summed E-state index contributed by atoms with van der Waals surface area (Å²) < 4.78 is 0. The van der Waals surface area contributed by atoms with E-state index in [0.29, 0.717) is 11.1 Å². The number of aromatic hydroxyl groups is 1. The van der Waals surface area contributed by atoms with E-state index in [4.69, 9.17) is 5.73 Å². The van der Waals surface area contributed by atoms with Crippen LogP contribution in [0.2, 0.25) is 0 Å². The van der Waals surface area contributed by atoms with Gasteiger partial charge in [-0.25, -0.2) is 4.79 Å². The van der Waals surface area contributed by atoms with E-state index >= 15 is 0 Å². The Morgan fingerprint density at radius 1 is 0.769 bits per heavy atom. The molecule has 2 aromatic carbocycles. The lowest BCUT2D eigenvalue weighted by Gasteiger charge is -2.25. The third-order valence-electron chi connectivity index (χ3n) is 5.70. The normalized spacial score (nSPS) is 14.6. The summed E-state index contributed by atoms with van der Waals surface area (Å²) in [6, 6.07) is 8.52. The number of aliphatic hydroxyl groups is 1. The molecule has 0 saturated heterocycles. The van der Waals surface area contributed by atoms with E-state index in [2.05, 4.69) is 16.0 Å². The third kappa shape index (κ3) is 10.1. The van der Waals surface area contributed by atoms with Gasteiger partial charge in [-0.05, 0) is 36.6 Å². The average Bonchev–Trinajstić information content (AvgIpc) is 2.87. The Bertz CT molecular complexity index is 1160. The van der Waals surface area contributed by atoms with E-state index < -0.39 is 66.4 Å². The van der Waals surface area contributed by atoms with Crippen LogP contribution in [0.3, 0.4) is 0 Å². The van der Waals surface area contributed by atoms with Gasteiger partial charge in [-0.1, -0.05) is 42.5 Å². The molecule has 0 aliphatic heterocycles. The smallest absolute Gasteiger partial charge is 0.328 e. The van der Waals surface area contributed by atoms with E-state index in [1.54, 1.807) is 42.5 Å². The Kier molecular flexibility index (Phi) is 11.4. The summed E-state index contributed by atoms with van der Waals surface area (Å²) in [5.41, 5.74) is 7.14. The molecule has 2 rings (SSSR count). The monoisotopic (exact) mass is 544 g/mol. The molecule has 39 heavy (non-hydrogen) atoms. The van der Waals surface area contributed by atoms with Gasteiger partial charge in [0, 0.05) is 6.42 Å². The molecule has 0 fully saturated rings. The lowest BCUT2D eigenvalue weighted by Crippen LogP contribution is -2.59. The first-order valence-corrected chi connectivity index (χ1v) is 12.0. The number of carbonyl (C=O) groups is 5. The van der Waals surface area contributed by atoms with Gasteiger partial charge in [0.15, 0.2) is 6.04 Å². The van der Waals surface area contributed by atoms with E-state index in [-0.39, 0.29) is 18.6 Å². The van der Waals surface area contributed by atoms with Gasteiger partial charge in [0.1, 0.15) is 17.8 Å². The Morgan fingerprint density at radius 2 is 1.31 bits per heavy atom. The fourth-order valence-electron chi connectivity index (χ4n) is 3.62. The molecule has 210 valence electrons. The number of aliphatic hydroxyl groups excluding tert-OH is 1. The molecule has 0 bridgehead atoms. The second kappa shape index (κ2) is 14.4. The van der Waals surface area contributed by atoms with Crippen molar-refractivity contribution in [2.24, 2.45) is 5.73 Å². The number of benzene rings is 2. The van der Waals surface area contributed by atoms with Gasteiger partial charge in [-0.15, -0.1) is 0 Å². The number of rotatable bonds is 14. The maximum absolute atomic E-state index is 13.1. The van der Waals surface area contributed by atoms with Crippen molar-refractivity contribution < 1.29 is 44.4 Å². The van der Waals surface area contributed by atoms with Gasteiger partial charge >= 0.3 is 11.9 Å². The first-order chi connectivity index (χ1) is 18.4. The molecule has 13 nitrogen and oxygen atoms in total. The molecule has 0 radical (unpaired) electrons. The lowest BCUT2D eigenvalue weighted by molar-refractivity contribution is -0.145. The molecular formula is C26H32N4O9. The summed E-state index contributed by atoms with van der Waals surface area (Å²) in [5, 5.41) is 44.6. The SMILES string of the molecule is CC(O)C(NC(=O)C(Cc1ccccc1)NC(=O)C(CC(=O)O)NC(=O)C(N)Cc1ccc(O)cc1)C(=O)O. The summed E-state index contributed by atoms with van der Waals surface area (Å²) in [6.45, 7) is 1.17. The molecule has 9 N–H and O–H groups in total. The highest BCUT2D eigenvalue weighted by Gasteiger charge is 2.32. The van der Waals surface area contributed by atoms with Gasteiger partial charge in [0.2, 0.25) is 17.7 Å². The molecular weight excluding hydrogens is 512 g/mol. The first kappa shape index (κ1) is 30.7. The Labute approximate surface area is 224 Å². The van der Waals surface area contributed by atoms with Gasteiger partial charge in [0.25, 0.3) is 0 Å². The predicted octanol–water partition coefficient (Wildman–Crippen LogP) is -1.10. The number of carboxylic acids is 2. The van der Waals surface area contributed by atoms with Crippen molar-refractivity contribution in [1.29, 1.82) is 0 Å². The number of amides is 3. The summed E-state index contributed by atoms with van der Waals surface area (Å²) in [7, 11) is 0. The quantitative estimate of drug-likeness (QED) is 0.143. The van der Waals surface area contributed by atoms with Crippen LogP contribution in [0, 0.1) is 0 Å². The number of carboxylic acid groups (broad SMARTS) is 2. The second-order valence-corrected chi connectivity index (χ2v) is 8.95. The maximum Gasteiger partial charge on any atom is 0.328 e. The van der Waals surface area contributed by atoms with Gasteiger partial charge in [-0.3, -0.25) is 19.2 Å². The highest BCUT2D eigenvalue weighted by Crippen LogP contribution is 2.11. The van der Waals surface area contributed by atoms with Crippen LogP contribution in [-0.4, -0.2) is 80.4 Å². The third-order valence-corrected chi connectivity index (χ3v) is 5.70. The van der Waals surface area contributed by atoms with Crippen molar-refractivity contribution in [2.45, 2.75) is 56.5 Å². The van der Waals surface area contributed by atoms with Crippen LogP contribution >= 0.6 is 0 Å². The molecule has 2 aromatic rings. The van der Waals surface area contributed by atoms with Crippen LogP contribution in [0.25, 0.3) is 0 Å². The Morgan fingerprint density at radius 3 is 1.85 bits per heavy atom. The van der Waals surface area contributed by atoms with Gasteiger partial charge in [-0.2, -0.15) is 0 Å². The molecule has 0 aliphatic carbocycles. The zero-order valence-corrected chi connectivity index (χ0v) is 21.1. The number of hydrogen-bond acceptors (Lipinski definition) is 8. The fraction of sp³-hybridized carbons (Fsp3) is 0.346. The second-order valence-electron chi connectivity index (χ2n) is 8.95. The fourth-order valence-corrected chi connectivity index (χ4v) is 3.62. The maximum atomic E-state index is 13.1. The van der Waals surface area contributed by atoms with Crippen molar-refractivity contribution >= 4 is 29.7 Å². The molecule has 0 heterocycles. The van der Waals surface area contributed by atoms with Crippen LogP contribution in [0.15, 0.2) is 54.6 Å². The van der Waals surface area contributed by atoms with Crippen LogP contribution in [0.5, 0.6) is 5.75 Å². The number of phenols is 1. The van der Waals surface area contributed by atoms with E-state index in [9.17, 15) is 44.4 Å². The summed E-state index contributed by atoms with van der Waals surface area (Å²) in [5.74, 6) is -5.67. The minimum absolute atomic E-state index is 0.0205. The van der Waals surface area contributed by atoms with Crippen molar-refractivity contribution in [1.82, 2.24) is 16.0 Å². The number of aliphatic carboxylic acids is 2. The number of phenolic OH excluding ortho intramolecular Hbond substituents is 1. The van der Waals surface area contributed by atoms with Crippen LogP contribution in [0.4, 0.5) is 0 Å². The van der Waals surface area contributed by atoms with Crippen molar-refractivity contribution in [3.63, 3.8) is 0 Å². The van der Waals surface area contributed by atoms with E-state index in [1.807, 2.05) is 0 Å². The molecule has 0 saturated carbocycles. The van der Waals surface area contributed by atoms with Crippen LogP contribution < -0.4 is 21.7 Å². The minimum atomic E-state index is -1.67. The zero-order chi connectivity index (χ0) is 29.1. The summed E-state index contributed by atoms with van der Waals surface area (Å²) in [6.07, 6.45) is -2.34. The topological polar surface area (TPSA) is 228 Å². The number of nitrogens with one attached hydrogen (secondary N) is 3. The van der Waals surface area contributed by atoms with E-state index in [0.717, 1.165) is 0 Å². The van der Waals surface area contributed by atoms with Crippen molar-refractivity contribution in [3.8, 4) is 5.75 Å². The van der Waals surface area contributed by atoms with E-state index in [1.165, 1.54) is 19.1 Å². The van der Waals surface area contributed by atoms with Gasteiger partial charge < -0.3 is 42.1 Å². The number of carbonyl (C=O) groups excluding carboxylic acids is 3. The minimum Gasteiger partial charge on any atom is -0.508 e. The zero-order valence-electron chi connectivity index (χ0n) is 21.1. The highest BCUT2D eigenvalue weighted by atomic mass is 16.4. The first-order valence-electron chi connectivity index (χ1n) is 12.0. The molecule has 13 heteroatoms. The molecule has 0 aliphatic rings. The largest absolute Gasteiger partial charge is 0.508 e. The molecule has 5 unspecified atom stereocenters. The Balaban J connectivity index is 2.20. The lowest BCUT2D eigenvalue weighted by atomic mass is 10.0. The molecule has 5 atom stereocenters. The number of hydrogen-bond donors (Lipinski definition) is 8. The average molecular weight is 545 g/mol. The van der Waals surface area contributed by atoms with Gasteiger partial charge in [0.05, 0.1) is 18.6 Å². The molecule has 0 aromatic heterocycles. The predicted molar refractivity (Wildman–Crippen MR) is 137 cm³/mol. The van der Waals surface area contributed by atoms with Crippen LogP contribution in [0.1, 0.15) is 24.5 Å². The summed E-state index contributed by atoms with van der Waals surface area (Å²) in [4.78, 5) is 61.6.